The van der Waals surface area contributed by atoms with E-state index in [1.54, 1.807) is 48.8 Å². The Hall–Kier alpha value is -4.50. The van der Waals surface area contributed by atoms with E-state index in [0.717, 1.165) is 11.1 Å². The number of hydrogen-bond donors (Lipinski definition) is 1. The zero-order valence-electron chi connectivity index (χ0n) is 22.5. The number of thiazole rings is 1. The van der Waals surface area contributed by atoms with Crippen molar-refractivity contribution >= 4 is 29.4 Å². The maximum atomic E-state index is 13.8. The number of carboxylic acids is 1. The molecule has 0 saturated carbocycles. The predicted octanol–water partition coefficient (Wildman–Crippen LogP) is 4.88. The zero-order valence-corrected chi connectivity index (χ0v) is 23.3. The molecule has 1 aliphatic heterocycles. The van der Waals surface area contributed by atoms with Crippen molar-refractivity contribution < 1.29 is 23.8 Å². The second-order valence-corrected chi connectivity index (χ2v) is 10.7. The number of esters is 1. The summed E-state index contributed by atoms with van der Waals surface area (Å²) in [5, 5.41) is 9.13. The fraction of sp³-hybridized carbons (Fsp3) is 0.226. The molecule has 40 heavy (non-hydrogen) atoms. The van der Waals surface area contributed by atoms with Gasteiger partial charge in [-0.2, -0.15) is 0 Å². The summed E-state index contributed by atoms with van der Waals surface area (Å²) >= 11 is 1.22. The highest BCUT2D eigenvalue weighted by molar-refractivity contribution is 7.07. The Morgan fingerprint density at radius 1 is 1.10 bits per heavy atom. The molecule has 1 aliphatic rings. The molecule has 2 aromatic carbocycles. The van der Waals surface area contributed by atoms with Crippen molar-refractivity contribution in [3.63, 3.8) is 0 Å². The largest absolute Gasteiger partial charge is 0.478 e. The number of benzene rings is 2. The van der Waals surface area contributed by atoms with Crippen LogP contribution in [0.15, 0.2) is 86.1 Å². The summed E-state index contributed by atoms with van der Waals surface area (Å²) in [5.41, 5.74) is 3.39. The van der Waals surface area contributed by atoms with E-state index in [1.165, 1.54) is 23.5 Å². The number of aromatic nitrogens is 1. The molecule has 0 fully saturated rings. The highest BCUT2D eigenvalue weighted by Crippen LogP contribution is 2.31. The Bertz CT molecular complexity index is 1800. The summed E-state index contributed by atoms with van der Waals surface area (Å²) < 4.78 is 13.3. The number of aromatic carboxylic acids is 1. The number of allylic oxidation sites excluding steroid dienone is 1. The van der Waals surface area contributed by atoms with E-state index in [4.69, 9.17) is 14.3 Å². The minimum Gasteiger partial charge on any atom is -0.478 e. The highest BCUT2D eigenvalue weighted by atomic mass is 32.1. The van der Waals surface area contributed by atoms with Crippen LogP contribution in [-0.2, 0) is 9.53 Å². The molecule has 0 radical (unpaired) electrons. The SMILES string of the molecule is CCOC(=O)C1=C(C)N=c2s/c(=C\c3ccc(-c4ccc(C(=O)O)cc4)o3)c(=O)n2[C@@H]1c1ccc(C(C)C)cc1. The van der Waals surface area contributed by atoms with Crippen molar-refractivity contribution in [2.24, 2.45) is 4.99 Å². The number of carboxylic acid groups (broad SMARTS) is 1. The molecule has 4 aromatic rings. The lowest BCUT2D eigenvalue weighted by atomic mass is 9.93. The maximum Gasteiger partial charge on any atom is 0.338 e. The lowest BCUT2D eigenvalue weighted by molar-refractivity contribution is -0.139. The number of carbonyl (C=O) groups excluding carboxylic acids is 1. The van der Waals surface area contributed by atoms with Crippen LogP contribution in [0.3, 0.4) is 0 Å². The van der Waals surface area contributed by atoms with Crippen LogP contribution < -0.4 is 14.9 Å². The van der Waals surface area contributed by atoms with Crippen molar-refractivity contribution in [1.29, 1.82) is 0 Å². The number of fused-ring (bicyclic) bond motifs is 1. The van der Waals surface area contributed by atoms with Crippen molar-refractivity contribution in [2.45, 2.75) is 39.7 Å². The van der Waals surface area contributed by atoms with E-state index in [0.29, 0.717) is 43.6 Å². The summed E-state index contributed by atoms with van der Waals surface area (Å²) in [7, 11) is 0. The lowest BCUT2D eigenvalue weighted by Crippen LogP contribution is -2.39. The van der Waals surface area contributed by atoms with Gasteiger partial charge in [-0.3, -0.25) is 9.36 Å². The van der Waals surface area contributed by atoms with Gasteiger partial charge in [0.1, 0.15) is 11.5 Å². The van der Waals surface area contributed by atoms with E-state index < -0.39 is 18.0 Å². The van der Waals surface area contributed by atoms with Gasteiger partial charge in [-0.25, -0.2) is 14.6 Å². The van der Waals surface area contributed by atoms with Crippen molar-refractivity contribution in [2.75, 3.05) is 6.61 Å². The molecule has 8 nitrogen and oxygen atoms in total. The Kier molecular flexibility index (Phi) is 7.40. The van der Waals surface area contributed by atoms with Gasteiger partial charge in [0.05, 0.1) is 34.0 Å². The number of hydrogen-bond acceptors (Lipinski definition) is 7. The van der Waals surface area contributed by atoms with Crippen LogP contribution in [0.2, 0.25) is 0 Å². The summed E-state index contributed by atoms with van der Waals surface area (Å²) in [5.74, 6) is -0.162. The summed E-state index contributed by atoms with van der Waals surface area (Å²) in [4.78, 5) is 43.1. The van der Waals surface area contributed by atoms with E-state index in [9.17, 15) is 14.4 Å². The topological polar surface area (TPSA) is 111 Å². The van der Waals surface area contributed by atoms with Gasteiger partial charge in [0, 0.05) is 11.6 Å². The third kappa shape index (κ3) is 5.08. The van der Waals surface area contributed by atoms with Gasteiger partial charge in [0.15, 0.2) is 4.80 Å². The molecule has 204 valence electrons. The number of carbonyl (C=O) groups is 2. The Morgan fingerprint density at radius 2 is 1.80 bits per heavy atom. The van der Waals surface area contributed by atoms with Crippen LogP contribution in [0.5, 0.6) is 0 Å². The number of furan rings is 1. The van der Waals surface area contributed by atoms with Gasteiger partial charge >= 0.3 is 11.9 Å². The average molecular weight is 557 g/mol. The zero-order chi connectivity index (χ0) is 28.6. The van der Waals surface area contributed by atoms with E-state index >= 15 is 0 Å². The average Bonchev–Trinajstić information content (AvgIpc) is 3.52. The molecule has 2 aromatic heterocycles. The van der Waals surface area contributed by atoms with E-state index in [-0.39, 0.29) is 17.7 Å². The molecule has 0 unspecified atom stereocenters. The minimum absolute atomic E-state index is 0.183. The van der Waals surface area contributed by atoms with Crippen molar-refractivity contribution in [1.82, 2.24) is 4.57 Å². The van der Waals surface area contributed by atoms with E-state index in [2.05, 4.69) is 18.8 Å². The van der Waals surface area contributed by atoms with Crippen LogP contribution in [0.4, 0.5) is 0 Å². The molecular formula is C31H28N2O6S. The first-order chi connectivity index (χ1) is 19.2. The second kappa shape index (κ2) is 10.9. The molecule has 3 heterocycles. The quantitative estimate of drug-likeness (QED) is 0.325. The van der Waals surface area contributed by atoms with Crippen LogP contribution in [-0.4, -0.2) is 28.2 Å². The predicted molar refractivity (Wildman–Crippen MR) is 152 cm³/mol. The fourth-order valence-corrected chi connectivity index (χ4v) is 5.69. The summed E-state index contributed by atoms with van der Waals surface area (Å²) in [6, 6.07) is 17.1. The number of nitrogens with zero attached hydrogens (tertiary/aromatic N) is 2. The minimum atomic E-state index is -1.00. The molecule has 5 rings (SSSR count). The normalized spacial score (nSPS) is 15.2. The van der Waals surface area contributed by atoms with Gasteiger partial charge in [0.2, 0.25) is 0 Å². The van der Waals surface area contributed by atoms with Crippen LogP contribution in [0.25, 0.3) is 17.4 Å². The molecule has 0 aliphatic carbocycles. The Morgan fingerprint density at radius 3 is 2.42 bits per heavy atom. The van der Waals surface area contributed by atoms with Crippen LogP contribution in [0, 0.1) is 0 Å². The molecule has 9 heteroatoms. The maximum absolute atomic E-state index is 13.8. The Labute approximate surface area is 234 Å². The summed E-state index contributed by atoms with van der Waals surface area (Å²) in [6.45, 7) is 7.92. The van der Waals surface area contributed by atoms with Gasteiger partial charge in [0.25, 0.3) is 5.56 Å². The molecular weight excluding hydrogens is 528 g/mol. The molecule has 0 bridgehead atoms. The van der Waals surface area contributed by atoms with E-state index in [1.807, 2.05) is 24.3 Å². The molecule has 1 atom stereocenters. The first kappa shape index (κ1) is 27.1. The fourth-order valence-electron chi connectivity index (χ4n) is 4.66. The van der Waals surface area contributed by atoms with Gasteiger partial charge in [-0.1, -0.05) is 61.6 Å². The van der Waals surface area contributed by atoms with Gasteiger partial charge in [-0.05, 0) is 55.2 Å². The molecule has 1 N–H and O–H groups in total. The molecule has 0 amide bonds. The van der Waals surface area contributed by atoms with Crippen molar-refractivity contribution in [3.05, 3.63) is 114 Å². The first-order valence-corrected chi connectivity index (χ1v) is 13.7. The van der Waals surface area contributed by atoms with Crippen molar-refractivity contribution in [3.8, 4) is 11.3 Å². The molecule has 0 saturated heterocycles. The second-order valence-electron chi connectivity index (χ2n) is 9.71. The third-order valence-corrected chi connectivity index (χ3v) is 7.74. The summed E-state index contributed by atoms with van der Waals surface area (Å²) in [6.07, 6.45) is 1.65. The molecule has 0 spiro atoms. The lowest BCUT2D eigenvalue weighted by Gasteiger charge is -2.25. The standard InChI is InChI=1S/C31H28N2O6S/c1-5-38-30(37)26-18(4)32-31-33(27(26)21-10-6-19(7-11-21)17(2)3)28(34)25(40-31)16-23-14-15-24(39-23)20-8-12-22(13-9-20)29(35)36/h6-17,27H,5H2,1-4H3,(H,35,36)/b25-16-/t27-/m1/s1. The number of ether oxygens (including phenoxy) is 1. The number of rotatable bonds is 7. The van der Waals surface area contributed by atoms with Crippen LogP contribution >= 0.6 is 11.3 Å². The monoisotopic (exact) mass is 556 g/mol. The Balaban J connectivity index is 1.59. The third-order valence-electron chi connectivity index (χ3n) is 6.75. The van der Waals surface area contributed by atoms with Gasteiger partial charge < -0.3 is 14.3 Å². The highest BCUT2D eigenvalue weighted by Gasteiger charge is 2.33. The van der Waals surface area contributed by atoms with Gasteiger partial charge in [-0.15, -0.1) is 0 Å². The smallest absolute Gasteiger partial charge is 0.338 e. The first-order valence-electron chi connectivity index (χ1n) is 12.9. The van der Waals surface area contributed by atoms with Crippen LogP contribution in [0.1, 0.15) is 66.9 Å².